The van der Waals surface area contributed by atoms with Gasteiger partial charge in [-0.3, -0.25) is 4.79 Å². The number of carbonyl (C=O) groups is 1. The van der Waals surface area contributed by atoms with Crippen LogP contribution in [0.25, 0.3) is 0 Å². The zero-order chi connectivity index (χ0) is 10.8. The van der Waals surface area contributed by atoms with E-state index in [4.69, 9.17) is 0 Å². The largest absolute Gasteiger partial charge is 0.347 e. The van der Waals surface area contributed by atoms with Crippen molar-refractivity contribution in [2.45, 2.75) is 30.1 Å². The van der Waals surface area contributed by atoms with Gasteiger partial charge in [-0.05, 0) is 12.8 Å². The van der Waals surface area contributed by atoms with Gasteiger partial charge in [0.05, 0.1) is 6.20 Å². The number of halogens is 1. The Morgan fingerprint density at radius 3 is 3.00 bits per heavy atom. The van der Waals surface area contributed by atoms with Crippen molar-refractivity contribution in [3.63, 3.8) is 0 Å². The van der Waals surface area contributed by atoms with Gasteiger partial charge < -0.3 is 5.32 Å². The number of nitrogens with zero attached hydrogens (tertiary/aromatic N) is 3. The highest BCUT2D eigenvalue weighted by molar-refractivity contribution is 9.09. The van der Waals surface area contributed by atoms with E-state index in [1.54, 1.807) is 7.05 Å². The van der Waals surface area contributed by atoms with Gasteiger partial charge >= 0.3 is 0 Å². The summed E-state index contributed by atoms with van der Waals surface area (Å²) in [6.45, 7) is 0. The van der Waals surface area contributed by atoms with E-state index in [9.17, 15) is 4.79 Å². The molecule has 1 fully saturated rings. The van der Waals surface area contributed by atoms with Crippen molar-refractivity contribution in [2.75, 3.05) is 0 Å². The van der Waals surface area contributed by atoms with Gasteiger partial charge in [0, 0.05) is 17.9 Å². The normalized spacial score (nSPS) is 25.5. The quantitative estimate of drug-likeness (QED) is 0.813. The maximum Gasteiger partial charge on any atom is 0.273 e. The number of hydrogen-bond acceptors (Lipinski definition) is 3. The third-order valence-corrected chi connectivity index (χ3v) is 3.68. The van der Waals surface area contributed by atoms with Crippen LogP contribution < -0.4 is 5.32 Å². The molecule has 0 radical (unpaired) electrons. The summed E-state index contributed by atoms with van der Waals surface area (Å²) in [7, 11) is 1.69. The van der Waals surface area contributed by atoms with E-state index >= 15 is 0 Å². The topological polar surface area (TPSA) is 59.8 Å². The van der Waals surface area contributed by atoms with Crippen LogP contribution in [0.2, 0.25) is 0 Å². The van der Waals surface area contributed by atoms with E-state index in [0.29, 0.717) is 10.5 Å². The first-order valence-electron chi connectivity index (χ1n) is 4.98. The van der Waals surface area contributed by atoms with Gasteiger partial charge in [0.25, 0.3) is 5.91 Å². The highest BCUT2D eigenvalue weighted by Gasteiger charge is 2.27. The van der Waals surface area contributed by atoms with Crippen molar-refractivity contribution in [1.82, 2.24) is 20.3 Å². The van der Waals surface area contributed by atoms with Crippen LogP contribution in [-0.4, -0.2) is 31.8 Å². The van der Waals surface area contributed by atoms with E-state index < -0.39 is 0 Å². The highest BCUT2D eigenvalue weighted by atomic mass is 79.9. The fourth-order valence-electron chi connectivity index (χ4n) is 1.77. The van der Waals surface area contributed by atoms with Crippen LogP contribution in [0.4, 0.5) is 0 Å². The van der Waals surface area contributed by atoms with Crippen LogP contribution in [0.3, 0.4) is 0 Å². The molecule has 1 aromatic heterocycles. The predicted octanol–water partition coefficient (Wildman–Crippen LogP) is 0.861. The summed E-state index contributed by atoms with van der Waals surface area (Å²) in [5, 5.41) is 10.8. The molecule has 0 spiro atoms. The van der Waals surface area contributed by atoms with Gasteiger partial charge in [0.1, 0.15) is 0 Å². The molecule has 5 nitrogen and oxygen atoms in total. The summed E-state index contributed by atoms with van der Waals surface area (Å²) in [6, 6.07) is 0.222. The second kappa shape index (κ2) is 4.30. The van der Waals surface area contributed by atoms with Crippen LogP contribution >= 0.6 is 15.9 Å². The molecule has 1 N–H and O–H groups in total. The first kappa shape index (κ1) is 10.6. The fourth-order valence-corrected chi connectivity index (χ4v) is 2.49. The molecule has 2 rings (SSSR count). The molecule has 1 saturated carbocycles. The van der Waals surface area contributed by atoms with Crippen LogP contribution in [0.5, 0.6) is 0 Å². The number of amides is 1. The molecule has 0 bridgehead atoms. The van der Waals surface area contributed by atoms with Crippen LogP contribution in [0.15, 0.2) is 6.20 Å². The lowest BCUT2D eigenvalue weighted by atomic mass is 10.2. The molecule has 0 aromatic carbocycles. The lowest BCUT2D eigenvalue weighted by molar-refractivity contribution is 0.0933. The zero-order valence-electron chi connectivity index (χ0n) is 8.48. The van der Waals surface area contributed by atoms with Gasteiger partial charge in [-0.1, -0.05) is 22.4 Å². The SMILES string of the molecule is Cn1ncc(C(=O)NC2CCCC2Br)n1. The molecule has 0 saturated heterocycles. The molecule has 1 aromatic rings. The average molecular weight is 273 g/mol. The minimum absolute atomic E-state index is 0.139. The van der Waals surface area contributed by atoms with E-state index in [-0.39, 0.29) is 11.9 Å². The van der Waals surface area contributed by atoms with E-state index in [0.717, 1.165) is 19.3 Å². The van der Waals surface area contributed by atoms with Gasteiger partial charge in [-0.2, -0.15) is 9.90 Å². The first-order valence-corrected chi connectivity index (χ1v) is 5.89. The molecule has 1 aliphatic rings. The molecule has 0 aliphatic heterocycles. The second-order valence-corrected chi connectivity index (χ2v) is 4.92. The maximum absolute atomic E-state index is 11.7. The van der Waals surface area contributed by atoms with Crippen molar-refractivity contribution in [3.8, 4) is 0 Å². The van der Waals surface area contributed by atoms with Gasteiger partial charge in [-0.15, -0.1) is 5.10 Å². The fraction of sp³-hybridized carbons (Fsp3) is 0.667. The molecule has 2 unspecified atom stereocenters. The number of nitrogens with one attached hydrogen (secondary N) is 1. The van der Waals surface area contributed by atoms with Crippen molar-refractivity contribution in [2.24, 2.45) is 7.05 Å². The molecule has 2 atom stereocenters. The predicted molar refractivity (Wildman–Crippen MR) is 58.8 cm³/mol. The van der Waals surface area contributed by atoms with E-state index in [1.807, 2.05) is 0 Å². The number of hydrogen-bond donors (Lipinski definition) is 1. The van der Waals surface area contributed by atoms with Gasteiger partial charge in [-0.25, -0.2) is 0 Å². The maximum atomic E-state index is 11.7. The molecule has 15 heavy (non-hydrogen) atoms. The molecular weight excluding hydrogens is 260 g/mol. The third kappa shape index (κ3) is 2.37. The molecular formula is C9H13BrN4O. The van der Waals surface area contributed by atoms with Crippen molar-refractivity contribution < 1.29 is 4.79 Å². The molecule has 1 heterocycles. The Labute approximate surface area is 96.4 Å². The van der Waals surface area contributed by atoms with Crippen molar-refractivity contribution >= 4 is 21.8 Å². The van der Waals surface area contributed by atoms with Gasteiger partial charge in [0.15, 0.2) is 5.69 Å². The second-order valence-electron chi connectivity index (χ2n) is 3.75. The number of aryl methyl sites for hydroxylation is 1. The van der Waals surface area contributed by atoms with E-state index in [1.165, 1.54) is 11.0 Å². The summed E-state index contributed by atoms with van der Waals surface area (Å²) < 4.78 is 0. The van der Waals surface area contributed by atoms with Crippen LogP contribution in [-0.2, 0) is 7.05 Å². The lowest BCUT2D eigenvalue weighted by Crippen LogP contribution is -2.37. The summed E-state index contributed by atoms with van der Waals surface area (Å²) in [5.74, 6) is -0.139. The Kier molecular flexibility index (Phi) is 3.04. The molecule has 1 aliphatic carbocycles. The smallest absolute Gasteiger partial charge is 0.273 e. The highest BCUT2D eigenvalue weighted by Crippen LogP contribution is 2.25. The summed E-state index contributed by atoms with van der Waals surface area (Å²) in [5.41, 5.74) is 0.379. The number of alkyl halides is 1. The Morgan fingerprint density at radius 1 is 1.67 bits per heavy atom. The van der Waals surface area contributed by atoms with Gasteiger partial charge in [0.2, 0.25) is 0 Å². The number of aromatic nitrogens is 3. The minimum atomic E-state index is -0.139. The Bertz CT molecular complexity index is 365. The zero-order valence-corrected chi connectivity index (χ0v) is 10.1. The van der Waals surface area contributed by atoms with Crippen LogP contribution in [0, 0.1) is 0 Å². The standard InChI is InChI=1S/C9H13BrN4O/c1-14-11-5-8(13-14)9(15)12-7-4-2-3-6(7)10/h5-7H,2-4H2,1H3,(H,12,15). The number of rotatable bonds is 2. The Morgan fingerprint density at radius 2 is 2.47 bits per heavy atom. The van der Waals surface area contributed by atoms with Crippen molar-refractivity contribution in [1.29, 1.82) is 0 Å². The Balaban J connectivity index is 1.97. The average Bonchev–Trinajstić information content (AvgIpc) is 2.77. The monoisotopic (exact) mass is 272 g/mol. The molecule has 6 heteroatoms. The van der Waals surface area contributed by atoms with Crippen LogP contribution in [0.1, 0.15) is 29.8 Å². The van der Waals surface area contributed by atoms with Crippen molar-refractivity contribution in [3.05, 3.63) is 11.9 Å². The number of carbonyl (C=O) groups excluding carboxylic acids is 1. The molecule has 1 amide bonds. The summed E-state index contributed by atoms with van der Waals surface area (Å²) in [4.78, 5) is 13.5. The first-order chi connectivity index (χ1) is 7.16. The Hall–Kier alpha value is -0.910. The third-order valence-electron chi connectivity index (χ3n) is 2.58. The molecule has 82 valence electrons. The minimum Gasteiger partial charge on any atom is -0.347 e. The van der Waals surface area contributed by atoms with E-state index in [2.05, 4.69) is 31.4 Å². The lowest BCUT2D eigenvalue weighted by Gasteiger charge is -2.14. The summed E-state index contributed by atoms with van der Waals surface area (Å²) >= 11 is 3.55. The summed E-state index contributed by atoms with van der Waals surface area (Å²) in [6.07, 6.45) is 4.78.